The maximum Gasteiger partial charge on any atom is 0.128 e. The van der Waals surface area contributed by atoms with Gasteiger partial charge in [0.05, 0.1) is 29.1 Å². The summed E-state index contributed by atoms with van der Waals surface area (Å²) in [6.07, 6.45) is 1.73. The van der Waals surface area contributed by atoms with Crippen molar-refractivity contribution in [3.63, 3.8) is 0 Å². The molecule has 0 saturated carbocycles. The Morgan fingerprint density at radius 3 is 2.81 bits per heavy atom. The zero-order chi connectivity index (χ0) is 15.0. The van der Waals surface area contributed by atoms with E-state index in [9.17, 15) is 4.39 Å². The normalized spacial score (nSPS) is 12.5. The quantitative estimate of drug-likeness (QED) is 0.724. The molecule has 3 rings (SSSR count). The molecule has 0 saturated heterocycles. The third-order valence-corrected chi connectivity index (χ3v) is 3.90. The van der Waals surface area contributed by atoms with Crippen molar-refractivity contribution in [1.82, 2.24) is 10.2 Å². The van der Waals surface area contributed by atoms with Crippen molar-refractivity contribution in [2.24, 2.45) is 0 Å². The van der Waals surface area contributed by atoms with Crippen molar-refractivity contribution in [2.75, 3.05) is 17.7 Å². The van der Waals surface area contributed by atoms with Gasteiger partial charge in [-0.2, -0.15) is 5.10 Å². The van der Waals surface area contributed by atoms with Crippen LogP contribution in [-0.2, 0) is 0 Å². The van der Waals surface area contributed by atoms with Crippen LogP contribution in [0.2, 0.25) is 0 Å². The number of nitrogens with zero attached hydrogens (tertiary/aromatic N) is 2. The molecule has 108 valence electrons. The van der Waals surface area contributed by atoms with Crippen molar-refractivity contribution in [2.45, 2.75) is 13.0 Å². The third-order valence-electron chi connectivity index (χ3n) is 3.90. The molecule has 0 aliphatic carbocycles. The Morgan fingerprint density at radius 2 is 2.05 bits per heavy atom. The van der Waals surface area contributed by atoms with Crippen LogP contribution in [0.4, 0.5) is 15.8 Å². The Morgan fingerprint density at radius 1 is 1.29 bits per heavy atom. The number of rotatable bonds is 3. The van der Waals surface area contributed by atoms with Crippen LogP contribution in [0.5, 0.6) is 0 Å². The second-order valence-corrected chi connectivity index (χ2v) is 5.18. The average molecular weight is 284 g/mol. The van der Waals surface area contributed by atoms with E-state index in [1.54, 1.807) is 18.3 Å². The van der Waals surface area contributed by atoms with Crippen molar-refractivity contribution in [3.05, 3.63) is 54.0 Å². The first-order valence-electron chi connectivity index (χ1n) is 6.78. The average Bonchev–Trinajstić information content (AvgIpc) is 2.92. The molecule has 21 heavy (non-hydrogen) atoms. The summed E-state index contributed by atoms with van der Waals surface area (Å²) in [5.74, 6) is -0.210. The second-order valence-electron chi connectivity index (χ2n) is 5.18. The van der Waals surface area contributed by atoms with Gasteiger partial charge in [0.25, 0.3) is 0 Å². The van der Waals surface area contributed by atoms with Gasteiger partial charge in [0.15, 0.2) is 0 Å². The molecule has 5 heteroatoms. The van der Waals surface area contributed by atoms with E-state index in [4.69, 9.17) is 5.73 Å². The fraction of sp³-hybridized carbons (Fsp3) is 0.188. The highest BCUT2D eigenvalue weighted by Crippen LogP contribution is 2.33. The van der Waals surface area contributed by atoms with Gasteiger partial charge in [-0.05, 0) is 25.1 Å². The lowest BCUT2D eigenvalue weighted by molar-refractivity contribution is 0.585. The van der Waals surface area contributed by atoms with Gasteiger partial charge < -0.3 is 10.6 Å². The monoisotopic (exact) mass is 284 g/mol. The number of aromatic amines is 1. The van der Waals surface area contributed by atoms with E-state index in [2.05, 4.69) is 10.2 Å². The van der Waals surface area contributed by atoms with Gasteiger partial charge in [-0.3, -0.25) is 5.10 Å². The van der Waals surface area contributed by atoms with E-state index >= 15 is 0 Å². The number of H-pyrrole nitrogens is 1. The summed E-state index contributed by atoms with van der Waals surface area (Å²) < 4.78 is 13.9. The van der Waals surface area contributed by atoms with Crippen LogP contribution in [0, 0.1) is 5.82 Å². The second kappa shape index (κ2) is 5.09. The molecule has 0 spiro atoms. The van der Waals surface area contributed by atoms with E-state index < -0.39 is 0 Å². The minimum Gasteiger partial charge on any atom is -0.397 e. The number of hydrogen-bond donors (Lipinski definition) is 2. The smallest absolute Gasteiger partial charge is 0.128 e. The molecule has 0 fully saturated rings. The molecule has 0 radical (unpaired) electrons. The number of anilines is 2. The minimum atomic E-state index is -0.210. The third kappa shape index (κ3) is 2.31. The molecule has 3 N–H and O–H groups in total. The number of nitrogens with two attached hydrogens (primary N) is 1. The van der Waals surface area contributed by atoms with E-state index in [-0.39, 0.29) is 11.9 Å². The summed E-state index contributed by atoms with van der Waals surface area (Å²) in [6.45, 7) is 1.95. The van der Waals surface area contributed by atoms with Crippen LogP contribution in [0.25, 0.3) is 10.9 Å². The van der Waals surface area contributed by atoms with Crippen LogP contribution in [0.3, 0.4) is 0 Å². The topological polar surface area (TPSA) is 57.9 Å². The summed E-state index contributed by atoms with van der Waals surface area (Å²) >= 11 is 0. The van der Waals surface area contributed by atoms with Gasteiger partial charge in [0.2, 0.25) is 0 Å². The summed E-state index contributed by atoms with van der Waals surface area (Å²) in [5, 5.41) is 7.89. The van der Waals surface area contributed by atoms with Gasteiger partial charge in [-0.1, -0.05) is 18.2 Å². The molecule has 0 amide bonds. The molecule has 1 atom stereocenters. The predicted molar refractivity (Wildman–Crippen MR) is 83.7 cm³/mol. The largest absolute Gasteiger partial charge is 0.397 e. The van der Waals surface area contributed by atoms with Crippen LogP contribution < -0.4 is 10.6 Å². The predicted octanol–water partition coefficient (Wildman–Crippen LogP) is 3.48. The lowest BCUT2D eigenvalue weighted by atomic mass is 10.1. The number of nitrogens with one attached hydrogen (secondary N) is 1. The van der Waals surface area contributed by atoms with Crippen molar-refractivity contribution >= 4 is 22.3 Å². The highest BCUT2D eigenvalue weighted by atomic mass is 19.1. The minimum absolute atomic E-state index is 0.131. The van der Waals surface area contributed by atoms with Crippen LogP contribution in [0.1, 0.15) is 18.5 Å². The number of nitrogen functional groups attached to an aromatic ring is 1. The zero-order valence-electron chi connectivity index (χ0n) is 12.0. The van der Waals surface area contributed by atoms with E-state index in [1.165, 1.54) is 6.07 Å². The SMILES string of the molecule is CC(c1ccccc1F)N(C)c1cc2[nH]ncc2cc1N. The van der Waals surface area contributed by atoms with Gasteiger partial charge in [0, 0.05) is 18.0 Å². The van der Waals surface area contributed by atoms with Crippen molar-refractivity contribution in [3.8, 4) is 0 Å². The highest BCUT2D eigenvalue weighted by Gasteiger charge is 2.18. The van der Waals surface area contributed by atoms with E-state index in [0.29, 0.717) is 11.3 Å². The first-order valence-corrected chi connectivity index (χ1v) is 6.78. The Labute approximate surface area is 122 Å². The lowest BCUT2D eigenvalue weighted by Gasteiger charge is -2.28. The van der Waals surface area contributed by atoms with Crippen molar-refractivity contribution < 1.29 is 4.39 Å². The molecule has 1 heterocycles. The summed E-state index contributed by atoms with van der Waals surface area (Å²) in [6, 6.07) is 10.5. The number of benzene rings is 2. The van der Waals surface area contributed by atoms with Crippen LogP contribution in [-0.4, -0.2) is 17.2 Å². The number of halogens is 1. The highest BCUT2D eigenvalue weighted by molar-refractivity contribution is 5.88. The molecule has 2 aromatic carbocycles. The van der Waals surface area contributed by atoms with Crippen LogP contribution in [0.15, 0.2) is 42.6 Å². The van der Waals surface area contributed by atoms with Crippen molar-refractivity contribution in [1.29, 1.82) is 0 Å². The molecular formula is C16H17FN4. The molecule has 3 aromatic rings. The number of hydrogen-bond acceptors (Lipinski definition) is 3. The summed E-state index contributed by atoms with van der Waals surface area (Å²) in [4.78, 5) is 1.97. The molecular weight excluding hydrogens is 267 g/mol. The molecule has 0 aliphatic heterocycles. The Bertz CT molecular complexity index is 781. The number of aromatic nitrogens is 2. The van der Waals surface area contributed by atoms with Gasteiger partial charge in [-0.25, -0.2) is 4.39 Å². The molecule has 4 nitrogen and oxygen atoms in total. The summed E-state index contributed by atoms with van der Waals surface area (Å²) in [5.41, 5.74) is 9.17. The van der Waals surface area contributed by atoms with Gasteiger partial charge in [-0.15, -0.1) is 0 Å². The standard InChI is InChI=1S/C16H17FN4/c1-10(12-5-3-4-6-13(12)17)21(2)16-8-15-11(7-14(16)18)9-19-20-15/h3-10H,18H2,1-2H3,(H,19,20). The number of fused-ring (bicyclic) bond motifs is 1. The first-order chi connectivity index (χ1) is 10.1. The molecule has 0 bridgehead atoms. The Kier molecular flexibility index (Phi) is 3.25. The zero-order valence-corrected chi connectivity index (χ0v) is 12.0. The fourth-order valence-corrected chi connectivity index (χ4v) is 2.53. The summed E-state index contributed by atoms with van der Waals surface area (Å²) in [7, 11) is 1.91. The van der Waals surface area contributed by atoms with E-state index in [1.807, 2.05) is 37.1 Å². The molecule has 1 aromatic heterocycles. The fourth-order valence-electron chi connectivity index (χ4n) is 2.53. The van der Waals surface area contributed by atoms with Crippen LogP contribution >= 0.6 is 0 Å². The van der Waals surface area contributed by atoms with Gasteiger partial charge >= 0.3 is 0 Å². The molecule has 1 unspecified atom stereocenters. The van der Waals surface area contributed by atoms with Gasteiger partial charge in [0.1, 0.15) is 5.82 Å². The first kappa shape index (κ1) is 13.4. The maximum absolute atomic E-state index is 13.9. The van der Waals surface area contributed by atoms with E-state index in [0.717, 1.165) is 16.6 Å². The Hall–Kier alpha value is -2.56. The maximum atomic E-state index is 13.9. The lowest BCUT2D eigenvalue weighted by Crippen LogP contribution is -2.23. The Balaban J connectivity index is 2.01. The molecule has 0 aliphatic rings.